The normalized spacial score (nSPS) is 12.1. The van der Waals surface area contributed by atoms with Crippen molar-refractivity contribution in [3.05, 3.63) is 98.4 Å². The monoisotopic (exact) mass is 431 g/mol. The van der Waals surface area contributed by atoms with E-state index in [1.165, 1.54) is 21.5 Å². The number of hydrogen-bond acceptors (Lipinski definition) is 4. The highest BCUT2D eigenvalue weighted by Crippen LogP contribution is 2.25. The number of thiophene rings is 1. The number of nitrogens with one attached hydrogen (secondary N) is 1. The lowest BCUT2D eigenvalue weighted by Crippen LogP contribution is -2.31. The zero-order valence-corrected chi connectivity index (χ0v) is 18.7. The van der Waals surface area contributed by atoms with Crippen LogP contribution in [0, 0.1) is 20.8 Å². The molecule has 1 atom stereocenters. The van der Waals surface area contributed by atoms with Crippen molar-refractivity contribution in [2.24, 2.45) is 0 Å². The molecule has 1 unspecified atom stereocenters. The van der Waals surface area contributed by atoms with Gasteiger partial charge in [0.2, 0.25) is 5.91 Å². The second-order valence-corrected chi connectivity index (χ2v) is 8.98. The van der Waals surface area contributed by atoms with Gasteiger partial charge in [0.25, 0.3) is 5.56 Å². The molecule has 31 heavy (non-hydrogen) atoms. The number of rotatable bonds is 6. The summed E-state index contributed by atoms with van der Waals surface area (Å²) in [7, 11) is 0. The SMILES string of the molecule is Cc1ccc(C(NC(=O)CCn2cnc3sc(C)c(C)c3c2=O)c2ccccc2)cc1. The van der Waals surface area contributed by atoms with Crippen molar-refractivity contribution in [2.45, 2.75) is 39.8 Å². The van der Waals surface area contributed by atoms with Crippen LogP contribution in [0.4, 0.5) is 0 Å². The van der Waals surface area contributed by atoms with E-state index in [1.807, 2.05) is 75.4 Å². The smallest absolute Gasteiger partial charge is 0.262 e. The van der Waals surface area contributed by atoms with Crippen LogP contribution in [-0.2, 0) is 11.3 Å². The minimum atomic E-state index is -0.242. The van der Waals surface area contributed by atoms with Gasteiger partial charge in [-0.05, 0) is 37.5 Å². The first kappa shape index (κ1) is 21.0. The van der Waals surface area contributed by atoms with E-state index in [1.54, 1.807) is 6.33 Å². The molecule has 0 spiro atoms. The first-order valence-electron chi connectivity index (χ1n) is 10.3. The molecule has 0 radical (unpaired) electrons. The standard InChI is InChI=1S/C25H25N3O2S/c1-16-9-11-20(12-10-16)23(19-7-5-4-6-8-19)27-21(29)13-14-28-15-26-24-22(25(28)30)17(2)18(3)31-24/h4-12,15,23H,13-14H2,1-3H3,(H,27,29). The Balaban J connectivity index is 1.53. The van der Waals surface area contributed by atoms with Gasteiger partial charge in [-0.15, -0.1) is 11.3 Å². The first-order valence-corrected chi connectivity index (χ1v) is 11.1. The van der Waals surface area contributed by atoms with Crippen LogP contribution in [0.2, 0.25) is 0 Å². The molecule has 4 aromatic rings. The van der Waals surface area contributed by atoms with Gasteiger partial charge in [-0.1, -0.05) is 60.2 Å². The van der Waals surface area contributed by atoms with Crippen LogP contribution >= 0.6 is 11.3 Å². The Kier molecular flexibility index (Phi) is 6.00. The number of amides is 1. The summed E-state index contributed by atoms with van der Waals surface area (Å²) in [6, 6.07) is 17.8. The molecule has 0 saturated carbocycles. The van der Waals surface area contributed by atoms with Gasteiger partial charge < -0.3 is 5.32 Å². The molecule has 6 heteroatoms. The van der Waals surface area contributed by atoms with E-state index in [0.29, 0.717) is 5.39 Å². The van der Waals surface area contributed by atoms with Crippen LogP contribution in [0.15, 0.2) is 65.7 Å². The molecule has 5 nitrogen and oxygen atoms in total. The maximum Gasteiger partial charge on any atom is 0.262 e. The van der Waals surface area contributed by atoms with Gasteiger partial charge in [0.15, 0.2) is 0 Å². The van der Waals surface area contributed by atoms with E-state index >= 15 is 0 Å². The van der Waals surface area contributed by atoms with E-state index in [-0.39, 0.29) is 30.5 Å². The van der Waals surface area contributed by atoms with Gasteiger partial charge in [0.05, 0.1) is 17.8 Å². The topological polar surface area (TPSA) is 64.0 Å². The van der Waals surface area contributed by atoms with Crippen molar-refractivity contribution in [2.75, 3.05) is 0 Å². The molecule has 4 rings (SSSR count). The Morgan fingerprint density at radius 3 is 2.42 bits per heavy atom. The summed E-state index contributed by atoms with van der Waals surface area (Å²) in [5.74, 6) is -0.111. The van der Waals surface area contributed by atoms with E-state index in [2.05, 4.69) is 10.3 Å². The predicted molar refractivity (Wildman–Crippen MR) is 126 cm³/mol. The van der Waals surface area contributed by atoms with Crippen LogP contribution in [-0.4, -0.2) is 15.5 Å². The van der Waals surface area contributed by atoms with Crippen molar-refractivity contribution >= 4 is 27.5 Å². The Morgan fingerprint density at radius 1 is 1.03 bits per heavy atom. The van der Waals surface area contributed by atoms with Crippen molar-refractivity contribution in [1.82, 2.24) is 14.9 Å². The van der Waals surface area contributed by atoms with Gasteiger partial charge in [-0.25, -0.2) is 4.98 Å². The number of benzene rings is 2. The van der Waals surface area contributed by atoms with E-state index < -0.39 is 0 Å². The fourth-order valence-corrected chi connectivity index (χ4v) is 4.64. The number of nitrogens with zero attached hydrogens (tertiary/aromatic N) is 2. The van der Waals surface area contributed by atoms with E-state index in [9.17, 15) is 9.59 Å². The lowest BCUT2D eigenvalue weighted by molar-refractivity contribution is -0.121. The zero-order chi connectivity index (χ0) is 22.0. The molecule has 158 valence electrons. The Morgan fingerprint density at radius 2 is 1.71 bits per heavy atom. The Hall–Kier alpha value is -3.25. The molecular weight excluding hydrogens is 406 g/mol. The number of aromatic nitrogens is 2. The second kappa shape index (κ2) is 8.86. The van der Waals surface area contributed by atoms with Crippen molar-refractivity contribution in [3.63, 3.8) is 0 Å². The first-order chi connectivity index (χ1) is 14.9. The molecule has 0 aliphatic rings. The summed E-state index contributed by atoms with van der Waals surface area (Å²) < 4.78 is 1.53. The van der Waals surface area contributed by atoms with Gasteiger partial charge in [0.1, 0.15) is 4.83 Å². The maximum atomic E-state index is 12.9. The molecule has 2 aromatic carbocycles. The largest absolute Gasteiger partial charge is 0.345 e. The van der Waals surface area contributed by atoms with Crippen LogP contribution in [0.25, 0.3) is 10.2 Å². The minimum Gasteiger partial charge on any atom is -0.345 e. The summed E-state index contributed by atoms with van der Waals surface area (Å²) >= 11 is 1.53. The van der Waals surface area contributed by atoms with Crippen LogP contribution < -0.4 is 10.9 Å². The third kappa shape index (κ3) is 4.44. The number of carbonyl (C=O) groups excluding carboxylic acids is 1. The number of hydrogen-bond donors (Lipinski definition) is 1. The van der Waals surface area contributed by atoms with E-state index in [0.717, 1.165) is 26.4 Å². The van der Waals surface area contributed by atoms with Gasteiger partial charge in [0, 0.05) is 17.8 Å². The molecule has 1 amide bonds. The quantitative estimate of drug-likeness (QED) is 0.482. The molecule has 0 fully saturated rings. The molecule has 0 aliphatic heterocycles. The lowest BCUT2D eigenvalue weighted by Gasteiger charge is -2.20. The molecule has 0 saturated heterocycles. The minimum absolute atomic E-state index is 0.0854. The van der Waals surface area contributed by atoms with Crippen molar-refractivity contribution in [3.8, 4) is 0 Å². The number of fused-ring (bicyclic) bond motifs is 1. The van der Waals surface area contributed by atoms with Crippen LogP contribution in [0.5, 0.6) is 0 Å². The van der Waals surface area contributed by atoms with Gasteiger partial charge in [-0.2, -0.15) is 0 Å². The van der Waals surface area contributed by atoms with Crippen LogP contribution in [0.1, 0.15) is 39.6 Å². The molecule has 1 N–H and O–H groups in total. The molecule has 2 aromatic heterocycles. The van der Waals surface area contributed by atoms with Crippen molar-refractivity contribution < 1.29 is 4.79 Å². The molecule has 0 aliphatic carbocycles. The number of carbonyl (C=O) groups is 1. The number of aryl methyl sites for hydroxylation is 4. The third-order valence-electron chi connectivity index (χ3n) is 5.58. The van der Waals surface area contributed by atoms with E-state index in [4.69, 9.17) is 0 Å². The highest BCUT2D eigenvalue weighted by atomic mass is 32.1. The van der Waals surface area contributed by atoms with Crippen molar-refractivity contribution in [1.29, 1.82) is 0 Å². The summed E-state index contributed by atoms with van der Waals surface area (Å²) in [5, 5.41) is 3.80. The summed E-state index contributed by atoms with van der Waals surface area (Å²) in [6.45, 7) is 6.27. The summed E-state index contributed by atoms with van der Waals surface area (Å²) in [6.07, 6.45) is 1.74. The fraction of sp³-hybridized carbons (Fsp3) is 0.240. The summed E-state index contributed by atoms with van der Waals surface area (Å²) in [5.41, 5.74) is 4.10. The average molecular weight is 432 g/mol. The lowest BCUT2D eigenvalue weighted by atomic mass is 9.97. The van der Waals surface area contributed by atoms with Gasteiger partial charge >= 0.3 is 0 Å². The highest BCUT2D eigenvalue weighted by Gasteiger charge is 2.17. The second-order valence-electron chi connectivity index (χ2n) is 7.78. The maximum absolute atomic E-state index is 12.9. The molecular formula is C25H25N3O2S. The molecule has 2 heterocycles. The fourth-order valence-electron chi connectivity index (χ4n) is 3.65. The average Bonchev–Trinajstić information content (AvgIpc) is 3.07. The predicted octanol–water partition coefficient (Wildman–Crippen LogP) is 4.68. The Labute approximate surface area is 185 Å². The van der Waals surface area contributed by atoms with Gasteiger partial charge in [-0.3, -0.25) is 14.2 Å². The summed E-state index contributed by atoms with van der Waals surface area (Å²) in [4.78, 5) is 32.0. The third-order valence-corrected chi connectivity index (χ3v) is 6.70. The Bertz CT molecular complexity index is 1270. The van der Waals surface area contributed by atoms with Crippen LogP contribution in [0.3, 0.4) is 0 Å². The highest BCUT2D eigenvalue weighted by molar-refractivity contribution is 7.18. The molecule has 0 bridgehead atoms. The zero-order valence-electron chi connectivity index (χ0n) is 17.9.